The zero-order valence-electron chi connectivity index (χ0n) is 12.6. The molecule has 0 N–H and O–H groups in total. The zero-order valence-corrected chi connectivity index (χ0v) is 13.5. The summed E-state index contributed by atoms with van der Waals surface area (Å²) in [4.78, 5) is 10.0. The smallest absolute Gasteiger partial charge is 0.404 e. The van der Waals surface area contributed by atoms with Crippen LogP contribution in [0, 0.1) is 21.7 Å². The molecule has 1 heterocycles. The van der Waals surface area contributed by atoms with Crippen LogP contribution in [0.2, 0.25) is 0 Å². The van der Waals surface area contributed by atoms with Gasteiger partial charge in [0.1, 0.15) is 23.5 Å². The summed E-state index contributed by atoms with van der Waals surface area (Å²) in [6.45, 7) is -0.0507. The van der Waals surface area contributed by atoms with Crippen molar-refractivity contribution in [2.45, 2.75) is 12.5 Å². The van der Waals surface area contributed by atoms with Crippen LogP contribution in [0.3, 0.4) is 0 Å². The molecule has 0 spiro atoms. The summed E-state index contributed by atoms with van der Waals surface area (Å²) >= 11 is 0. The monoisotopic (exact) mass is 371 g/mol. The van der Waals surface area contributed by atoms with Crippen molar-refractivity contribution in [2.75, 3.05) is 6.61 Å². The fourth-order valence-electron chi connectivity index (χ4n) is 2.29. The summed E-state index contributed by atoms with van der Waals surface area (Å²) in [5, 5.41) is 10.6. The predicted molar refractivity (Wildman–Crippen MR) is 82.1 cm³/mol. The van der Waals surface area contributed by atoms with E-state index in [2.05, 4.69) is 0 Å². The van der Waals surface area contributed by atoms with Gasteiger partial charge in [0.2, 0.25) is 0 Å². The first-order valence-corrected chi connectivity index (χ1v) is 8.64. The molecule has 10 heteroatoms. The van der Waals surface area contributed by atoms with E-state index < -0.39 is 30.5 Å². The molecule has 1 fully saturated rings. The van der Waals surface area contributed by atoms with Gasteiger partial charge >= 0.3 is 7.82 Å². The van der Waals surface area contributed by atoms with Gasteiger partial charge in [0, 0.05) is 24.1 Å². The molecule has 1 saturated heterocycles. The van der Waals surface area contributed by atoms with Gasteiger partial charge in [-0.05, 0) is 30.3 Å². The van der Waals surface area contributed by atoms with Crippen LogP contribution in [0.25, 0.3) is 0 Å². The van der Waals surface area contributed by atoms with Crippen molar-refractivity contribution in [1.29, 1.82) is 0 Å². The third kappa shape index (κ3) is 4.01. The Labute approximate surface area is 140 Å². The molecule has 0 unspecified atom stereocenters. The molecule has 0 bridgehead atoms. The lowest BCUT2D eigenvalue weighted by molar-refractivity contribution is -0.384. The van der Waals surface area contributed by atoms with Gasteiger partial charge in [0.05, 0.1) is 11.5 Å². The molecular formula is C15H12F2NO6P. The van der Waals surface area contributed by atoms with Crippen molar-refractivity contribution < 1.29 is 31.8 Å². The van der Waals surface area contributed by atoms with Crippen LogP contribution in [-0.4, -0.2) is 11.5 Å². The molecule has 7 nitrogen and oxygen atoms in total. The second kappa shape index (κ2) is 6.87. The van der Waals surface area contributed by atoms with E-state index in [1.807, 2.05) is 0 Å². The molecule has 3 rings (SSSR count). The number of benzene rings is 2. The molecule has 0 amide bonds. The van der Waals surface area contributed by atoms with Gasteiger partial charge < -0.3 is 4.52 Å². The Kier molecular flexibility index (Phi) is 4.80. The molecule has 1 aliphatic rings. The lowest BCUT2D eigenvalue weighted by Gasteiger charge is -2.29. The topological polar surface area (TPSA) is 87.9 Å². The highest BCUT2D eigenvalue weighted by Crippen LogP contribution is 2.56. The van der Waals surface area contributed by atoms with Gasteiger partial charge in [-0.3, -0.25) is 19.2 Å². The standard InChI is InChI=1S/C15H12F2NO6P/c16-10-1-6-14(17)13(9-10)15-7-8-22-25(21,24-15)23-12-4-2-11(3-5-12)18(19)20/h1-6,9,15H,7-8H2/t15-,25-/m1/s1. The zero-order chi connectivity index (χ0) is 18.0. The maximum atomic E-state index is 13.9. The molecule has 0 aliphatic carbocycles. The van der Waals surface area contributed by atoms with Gasteiger partial charge in [-0.25, -0.2) is 13.3 Å². The van der Waals surface area contributed by atoms with Crippen LogP contribution in [0.5, 0.6) is 5.75 Å². The van der Waals surface area contributed by atoms with Crippen molar-refractivity contribution in [3.8, 4) is 5.75 Å². The molecule has 2 aromatic rings. The molecule has 2 atom stereocenters. The summed E-state index contributed by atoms with van der Waals surface area (Å²) in [6.07, 6.45) is -0.845. The Hall–Kier alpha value is -2.35. The average Bonchev–Trinajstić information content (AvgIpc) is 2.57. The van der Waals surface area contributed by atoms with Crippen molar-refractivity contribution >= 4 is 13.5 Å². The van der Waals surface area contributed by atoms with E-state index in [0.29, 0.717) is 0 Å². The minimum absolute atomic E-state index is 0.0225. The van der Waals surface area contributed by atoms with Gasteiger partial charge in [-0.2, -0.15) is 0 Å². The van der Waals surface area contributed by atoms with Crippen LogP contribution >= 0.6 is 7.82 Å². The van der Waals surface area contributed by atoms with E-state index in [4.69, 9.17) is 13.6 Å². The highest BCUT2D eigenvalue weighted by atomic mass is 31.2. The van der Waals surface area contributed by atoms with Gasteiger partial charge in [-0.15, -0.1) is 0 Å². The summed E-state index contributed by atoms with van der Waals surface area (Å²) in [6, 6.07) is 7.66. The van der Waals surface area contributed by atoms with E-state index in [0.717, 1.165) is 30.3 Å². The molecule has 1 aliphatic heterocycles. The first-order chi connectivity index (χ1) is 11.9. The van der Waals surface area contributed by atoms with Crippen LogP contribution < -0.4 is 4.52 Å². The number of hydrogen-bond donors (Lipinski definition) is 0. The number of phosphoric acid groups is 1. The molecule has 2 aromatic carbocycles. The Morgan fingerprint density at radius 1 is 1.20 bits per heavy atom. The number of rotatable bonds is 4. The third-order valence-corrected chi connectivity index (χ3v) is 4.90. The predicted octanol–water partition coefficient (Wildman–Crippen LogP) is 4.54. The SMILES string of the molecule is O=[N+]([O-])c1ccc(O[P@@]2(=O)OCC[C@H](c3cc(F)ccc3F)O2)cc1. The van der Waals surface area contributed by atoms with Gasteiger partial charge in [-0.1, -0.05) is 0 Å². The molecular weight excluding hydrogens is 359 g/mol. The Balaban J connectivity index is 1.78. The summed E-state index contributed by atoms with van der Waals surface area (Å²) < 4.78 is 55.2. The Bertz CT molecular complexity index is 844. The summed E-state index contributed by atoms with van der Waals surface area (Å²) in [5.41, 5.74) is -0.258. The fourth-order valence-corrected chi connectivity index (χ4v) is 3.69. The molecule has 132 valence electrons. The van der Waals surface area contributed by atoms with E-state index in [1.54, 1.807) is 0 Å². The molecule has 0 saturated carbocycles. The van der Waals surface area contributed by atoms with Gasteiger partial charge in [0.15, 0.2) is 0 Å². The van der Waals surface area contributed by atoms with Crippen LogP contribution in [-0.2, 0) is 13.6 Å². The highest BCUT2D eigenvalue weighted by Gasteiger charge is 2.38. The van der Waals surface area contributed by atoms with Crippen LogP contribution in [0.4, 0.5) is 14.5 Å². The van der Waals surface area contributed by atoms with Crippen molar-refractivity contribution in [2.24, 2.45) is 0 Å². The fraction of sp³-hybridized carbons (Fsp3) is 0.200. The number of phosphoric ester groups is 1. The highest BCUT2D eigenvalue weighted by molar-refractivity contribution is 7.49. The van der Waals surface area contributed by atoms with Crippen LogP contribution in [0.1, 0.15) is 18.1 Å². The second-order valence-electron chi connectivity index (χ2n) is 5.17. The minimum atomic E-state index is -4.09. The van der Waals surface area contributed by atoms with Crippen molar-refractivity contribution in [3.63, 3.8) is 0 Å². The second-order valence-corrected chi connectivity index (χ2v) is 6.72. The lowest BCUT2D eigenvalue weighted by atomic mass is 10.1. The normalized spacial score (nSPS) is 23.2. The maximum Gasteiger partial charge on any atom is 0.530 e. The number of non-ortho nitro benzene ring substituents is 1. The molecule has 0 aromatic heterocycles. The minimum Gasteiger partial charge on any atom is -0.404 e. The maximum absolute atomic E-state index is 13.9. The van der Waals surface area contributed by atoms with E-state index in [1.165, 1.54) is 12.1 Å². The Morgan fingerprint density at radius 2 is 1.92 bits per heavy atom. The Morgan fingerprint density at radius 3 is 2.60 bits per heavy atom. The van der Waals surface area contributed by atoms with E-state index in [9.17, 15) is 23.5 Å². The van der Waals surface area contributed by atoms with Crippen molar-refractivity contribution in [1.82, 2.24) is 0 Å². The van der Waals surface area contributed by atoms with Gasteiger partial charge in [0.25, 0.3) is 5.69 Å². The lowest BCUT2D eigenvalue weighted by Crippen LogP contribution is -2.17. The first kappa shape index (κ1) is 17.5. The first-order valence-electron chi connectivity index (χ1n) is 7.18. The number of nitro benzene ring substituents is 1. The van der Waals surface area contributed by atoms with Crippen molar-refractivity contribution in [3.05, 3.63) is 69.8 Å². The van der Waals surface area contributed by atoms with Crippen LogP contribution in [0.15, 0.2) is 42.5 Å². The molecule has 0 radical (unpaired) electrons. The summed E-state index contributed by atoms with van der Waals surface area (Å²) in [7, 11) is -4.09. The largest absolute Gasteiger partial charge is 0.530 e. The third-order valence-electron chi connectivity index (χ3n) is 3.46. The molecule has 25 heavy (non-hydrogen) atoms. The van der Waals surface area contributed by atoms with E-state index in [-0.39, 0.29) is 30.0 Å². The van der Waals surface area contributed by atoms with E-state index >= 15 is 0 Å². The number of hydrogen-bond acceptors (Lipinski definition) is 6. The number of halogens is 2. The quantitative estimate of drug-likeness (QED) is 0.445. The number of nitrogens with zero attached hydrogens (tertiary/aromatic N) is 1. The summed E-state index contributed by atoms with van der Waals surface area (Å²) in [5.74, 6) is -1.33. The number of nitro groups is 1. The average molecular weight is 371 g/mol.